The predicted octanol–water partition coefficient (Wildman–Crippen LogP) is 1.73. The van der Waals surface area contributed by atoms with Crippen LogP contribution in [-0.2, 0) is 21.3 Å². The van der Waals surface area contributed by atoms with Crippen molar-refractivity contribution in [3.63, 3.8) is 0 Å². The molecule has 0 aliphatic carbocycles. The first-order valence-electron chi connectivity index (χ1n) is 7.09. The summed E-state index contributed by atoms with van der Waals surface area (Å²) in [7, 11) is -2.12. The molecule has 0 spiro atoms. The maximum atomic E-state index is 12.3. The van der Waals surface area contributed by atoms with E-state index in [0.29, 0.717) is 25.0 Å². The quantitative estimate of drug-likeness (QED) is 0.725. The van der Waals surface area contributed by atoms with E-state index in [9.17, 15) is 8.42 Å². The summed E-state index contributed by atoms with van der Waals surface area (Å²) in [6.07, 6.45) is 0. The highest BCUT2D eigenvalue weighted by molar-refractivity contribution is 7.89. The van der Waals surface area contributed by atoms with Crippen LogP contribution in [0.1, 0.15) is 33.5 Å². The molecule has 1 rings (SSSR count). The van der Waals surface area contributed by atoms with Crippen LogP contribution in [0.4, 0.5) is 0 Å². The molecule has 1 aromatic heterocycles. The summed E-state index contributed by atoms with van der Waals surface area (Å²) in [6.45, 7) is 8.72. The number of sulfonamides is 1. The van der Waals surface area contributed by atoms with Crippen LogP contribution in [0.25, 0.3) is 0 Å². The Hall–Kier alpha value is -0.890. The van der Waals surface area contributed by atoms with Crippen LogP contribution < -0.4 is 10.0 Å². The summed E-state index contributed by atoms with van der Waals surface area (Å²) in [5.74, 6) is 0.716. The van der Waals surface area contributed by atoms with Gasteiger partial charge in [-0.05, 0) is 18.1 Å². The average Bonchev–Trinajstić information content (AvgIpc) is 2.85. The van der Waals surface area contributed by atoms with E-state index in [-0.39, 0.29) is 17.1 Å². The minimum Gasteiger partial charge on any atom is -0.447 e. The lowest BCUT2D eigenvalue weighted by atomic mass is 10.1. The predicted molar refractivity (Wildman–Crippen MR) is 81.5 cm³/mol. The molecule has 0 saturated carbocycles. The number of methoxy groups -OCH3 is 1. The molecule has 1 unspecified atom stereocenters. The molecule has 1 heterocycles. The molecule has 7 heteroatoms. The SMILES string of the molecule is COCC(NS(=O)(=O)c1ccc(CNC(C)C)o1)C(C)C. The first kappa shape index (κ1) is 18.2. The average molecular weight is 318 g/mol. The Morgan fingerprint density at radius 3 is 2.43 bits per heavy atom. The third-order valence-corrected chi connectivity index (χ3v) is 4.41. The van der Waals surface area contributed by atoms with Gasteiger partial charge in [-0.15, -0.1) is 0 Å². The van der Waals surface area contributed by atoms with Crippen LogP contribution in [0.3, 0.4) is 0 Å². The zero-order valence-corrected chi connectivity index (χ0v) is 14.2. The Balaban J connectivity index is 2.78. The van der Waals surface area contributed by atoms with Crippen molar-refractivity contribution in [3.05, 3.63) is 17.9 Å². The molecular weight excluding hydrogens is 292 g/mol. The standard InChI is InChI=1S/C14H26N2O4S/c1-10(2)13(9-19-5)16-21(17,18)14-7-6-12(20-14)8-15-11(3)4/h6-7,10-11,13,15-16H,8-9H2,1-5H3. The molecule has 0 aliphatic heterocycles. The van der Waals surface area contributed by atoms with Gasteiger partial charge in [-0.1, -0.05) is 27.7 Å². The van der Waals surface area contributed by atoms with E-state index >= 15 is 0 Å². The van der Waals surface area contributed by atoms with Gasteiger partial charge in [-0.2, -0.15) is 0 Å². The van der Waals surface area contributed by atoms with Gasteiger partial charge < -0.3 is 14.5 Å². The van der Waals surface area contributed by atoms with E-state index < -0.39 is 10.0 Å². The van der Waals surface area contributed by atoms with Crippen LogP contribution in [0.2, 0.25) is 0 Å². The monoisotopic (exact) mass is 318 g/mol. The Morgan fingerprint density at radius 1 is 1.24 bits per heavy atom. The lowest BCUT2D eigenvalue weighted by Gasteiger charge is -2.20. The van der Waals surface area contributed by atoms with Crippen LogP contribution in [0, 0.1) is 5.92 Å². The largest absolute Gasteiger partial charge is 0.447 e. The number of rotatable bonds is 9. The van der Waals surface area contributed by atoms with Gasteiger partial charge in [0.25, 0.3) is 10.0 Å². The number of nitrogens with one attached hydrogen (secondary N) is 2. The maximum absolute atomic E-state index is 12.3. The number of ether oxygens (including phenoxy) is 1. The third-order valence-electron chi connectivity index (χ3n) is 3.04. The summed E-state index contributed by atoms with van der Waals surface area (Å²) < 4.78 is 37.7. The summed E-state index contributed by atoms with van der Waals surface area (Å²) in [5, 5.41) is 3.11. The van der Waals surface area contributed by atoms with E-state index in [4.69, 9.17) is 9.15 Å². The molecule has 2 N–H and O–H groups in total. The summed E-state index contributed by atoms with van der Waals surface area (Å²) in [4.78, 5) is 0. The van der Waals surface area contributed by atoms with Gasteiger partial charge in [-0.25, -0.2) is 13.1 Å². The molecule has 6 nitrogen and oxygen atoms in total. The highest BCUT2D eigenvalue weighted by Crippen LogP contribution is 2.16. The van der Waals surface area contributed by atoms with E-state index in [1.54, 1.807) is 13.2 Å². The topological polar surface area (TPSA) is 80.6 Å². The normalized spacial score (nSPS) is 14.0. The molecular formula is C14H26N2O4S. The van der Waals surface area contributed by atoms with Crippen molar-refractivity contribution in [1.29, 1.82) is 0 Å². The lowest BCUT2D eigenvalue weighted by molar-refractivity contribution is 0.157. The zero-order chi connectivity index (χ0) is 16.0. The number of hydrogen-bond acceptors (Lipinski definition) is 5. The van der Waals surface area contributed by atoms with Gasteiger partial charge in [0.1, 0.15) is 5.76 Å². The molecule has 1 atom stereocenters. The smallest absolute Gasteiger partial charge is 0.274 e. The van der Waals surface area contributed by atoms with Gasteiger partial charge in [0, 0.05) is 19.2 Å². The molecule has 1 aromatic rings. The second kappa shape index (κ2) is 7.93. The molecule has 0 saturated heterocycles. The Morgan fingerprint density at radius 2 is 1.90 bits per heavy atom. The van der Waals surface area contributed by atoms with E-state index in [2.05, 4.69) is 10.0 Å². The molecule has 0 aromatic carbocycles. The molecule has 0 amide bonds. The number of hydrogen-bond donors (Lipinski definition) is 2. The van der Waals surface area contributed by atoms with Gasteiger partial charge in [-0.3, -0.25) is 0 Å². The van der Waals surface area contributed by atoms with Gasteiger partial charge >= 0.3 is 0 Å². The first-order chi connectivity index (χ1) is 9.76. The van der Waals surface area contributed by atoms with Crippen molar-refractivity contribution in [3.8, 4) is 0 Å². The third kappa shape index (κ3) is 5.78. The van der Waals surface area contributed by atoms with E-state index in [0.717, 1.165) is 0 Å². The fourth-order valence-corrected chi connectivity index (χ4v) is 3.02. The van der Waals surface area contributed by atoms with Crippen molar-refractivity contribution in [2.45, 2.75) is 51.4 Å². The van der Waals surface area contributed by atoms with Crippen molar-refractivity contribution in [2.24, 2.45) is 5.92 Å². The van der Waals surface area contributed by atoms with Crippen molar-refractivity contribution >= 4 is 10.0 Å². The first-order valence-corrected chi connectivity index (χ1v) is 8.58. The maximum Gasteiger partial charge on any atom is 0.274 e. The van der Waals surface area contributed by atoms with E-state index in [1.165, 1.54) is 6.07 Å². The highest BCUT2D eigenvalue weighted by atomic mass is 32.2. The molecule has 21 heavy (non-hydrogen) atoms. The minimum absolute atomic E-state index is 0.0650. The Labute approximate surface area is 127 Å². The minimum atomic E-state index is -3.67. The molecule has 0 radical (unpaired) electrons. The van der Waals surface area contributed by atoms with E-state index in [1.807, 2.05) is 27.7 Å². The Kier molecular flexibility index (Phi) is 6.86. The lowest BCUT2D eigenvalue weighted by Crippen LogP contribution is -2.41. The van der Waals surface area contributed by atoms with Crippen molar-refractivity contribution in [1.82, 2.24) is 10.0 Å². The van der Waals surface area contributed by atoms with Gasteiger partial charge in [0.2, 0.25) is 5.09 Å². The number of furan rings is 1. The second-order valence-corrected chi connectivity index (χ2v) is 7.33. The van der Waals surface area contributed by atoms with Crippen LogP contribution >= 0.6 is 0 Å². The molecule has 0 bridgehead atoms. The summed E-state index contributed by atoms with van der Waals surface area (Å²) in [5.41, 5.74) is 0. The van der Waals surface area contributed by atoms with Crippen molar-refractivity contribution < 1.29 is 17.6 Å². The Bertz CT molecular complexity index is 523. The summed E-state index contributed by atoms with van der Waals surface area (Å²) >= 11 is 0. The molecule has 122 valence electrons. The van der Waals surface area contributed by atoms with Crippen LogP contribution in [0.15, 0.2) is 21.6 Å². The van der Waals surface area contributed by atoms with Gasteiger partial charge in [0.15, 0.2) is 0 Å². The molecule has 0 aliphatic rings. The highest BCUT2D eigenvalue weighted by Gasteiger charge is 2.25. The van der Waals surface area contributed by atoms with Crippen molar-refractivity contribution in [2.75, 3.05) is 13.7 Å². The van der Waals surface area contributed by atoms with Gasteiger partial charge in [0.05, 0.1) is 13.2 Å². The van der Waals surface area contributed by atoms with Crippen LogP contribution in [-0.4, -0.2) is 34.2 Å². The zero-order valence-electron chi connectivity index (χ0n) is 13.3. The van der Waals surface area contributed by atoms with Crippen LogP contribution in [0.5, 0.6) is 0 Å². The molecule has 0 fully saturated rings. The fourth-order valence-electron chi connectivity index (χ4n) is 1.70. The summed E-state index contributed by atoms with van der Waals surface area (Å²) in [6, 6.07) is 3.16. The fraction of sp³-hybridized carbons (Fsp3) is 0.714. The second-order valence-electron chi connectivity index (χ2n) is 5.68.